The zero-order valence-electron chi connectivity index (χ0n) is 17.9. The molecular weight excluding hydrogens is 422 g/mol. The molecule has 0 fully saturated rings. The average Bonchev–Trinajstić information content (AvgIpc) is 3.18. The zero-order chi connectivity index (χ0) is 22.5. The first kappa shape index (κ1) is 21.6. The van der Waals surface area contributed by atoms with Gasteiger partial charge in [0.15, 0.2) is 0 Å². The first-order chi connectivity index (χ1) is 15.5. The van der Waals surface area contributed by atoms with Crippen molar-refractivity contribution < 1.29 is 13.4 Å². The second kappa shape index (κ2) is 9.70. The van der Waals surface area contributed by atoms with E-state index in [1.165, 1.54) is 0 Å². The summed E-state index contributed by atoms with van der Waals surface area (Å²) in [5.41, 5.74) is 3.87. The summed E-state index contributed by atoms with van der Waals surface area (Å²) in [4.78, 5) is 21.9. The quantitative estimate of drug-likeness (QED) is 0.450. The van der Waals surface area contributed by atoms with Crippen molar-refractivity contribution in [3.8, 4) is 11.5 Å². The Labute approximate surface area is 189 Å². The van der Waals surface area contributed by atoms with E-state index in [0.29, 0.717) is 29.5 Å². The molecule has 0 bridgehead atoms. The molecule has 2 heterocycles. The van der Waals surface area contributed by atoms with Crippen LogP contribution in [0.25, 0.3) is 11.5 Å². The molecule has 0 spiro atoms. The third kappa shape index (κ3) is 5.18. The van der Waals surface area contributed by atoms with Crippen LogP contribution in [0.2, 0.25) is 0 Å². The number of carbonyl (C=O) groups excluding carboxylic acids is 1. The Morgan fingerprint density at radius 1 is 1.00 bits per heavy atom. The molecule has 2 aromatic heterocycles. The summed E-state index contributed by atoms with van der Waals surface area (Å²) in [6.07, 6.45) is 1.69. The van der Waals surface area contributed by atoms with Crippen LogP contribution in [0.1, 0.15) is 33.1 Å². The summed E-state index contributed by atoms with van der Waals surface area (Å²) < 4.78 is 18.5. The monoisotopic (exact) mass is 445 g/mol. The molecule has 4 rings (SSSR count). The van der Waals surface area contributed by atoms with Crippen molar-refractivity contribution in [2.45, 2.75) is 31.0 Å². The van der Waals surface area contributed by atoms with Gasteiger partial charge >= 0.3 is 0 Å². The lowest BCUT2D eigenvalue weighted by molar-refractivity contribution is 0.0950. The van der Waals surface area contributed by atoms with Crippen LogP contribution in [0, 0.1) is 13.8 Å². The lowest BCUT2D eigenvalue weighted by atomic mass is 10.1. The summed E-state index contributed by atoms with van der Waals surface area (Å²) in [6, 6.07) is 20.3. The molecule has 1 N–H and O–H groups in total. The molecule has 162 valence electrons. The minimum Gasteiger partial charge on any atom is -0.441 e. The van der Waals surface area contributed by atoms with Crippen LogP contribution in [0.5, 0.6) is 0 Å². The van der Waals surface area contributed by atoms with E-state index in [4.69, 9.17) is 4.42 Å². The maximum atomic E-state index is 12.7. The van der Waals surface area contributed by atoms with Gasteiger partial charge in [-0.3, -0.25) is 14.0 Å². The molecule has 32 heavy (non-hydrogen) atoms. The molecule has 0 aliphatic carbocycles. The molecule has 0 radical (unpaired) electrons. The standard InChI is InChI=1S/C25H23N3O3S/c1-17-6-12-22(13-7-17)32(30)16-23-18(2)31-25(28-23)20-10-8-19(9-11-20)24(29)27-15-21-5-3-4-14-26-21/h3-14H,15-16H2,1-2H3,(H,27,29)/t32-/m0/s1. The van der Waals surface area contributed by atoms with Gasteiger partial charge in [-0.25, -0.2) is 4.98 Å². The normalized spacial score (nSPS) is 11.8. The van der Waals surface area contributed by atoms with E-state index >= 15 is 0 Å². The van der Waals surface area contributed by atoms with Gasteiger partial charge in [-0.05, 0) is 62.4 Å². The van der Waals surface area contributed by atoms with Crippen LogP contribution in [0.3, 0.4) is 0 Å². The molecule has 1 amide bonds. The highest BCUT2D eigenvalue weighted by Gasteiger charge is 2.16. The van der Waals surface area contributed by atoms with Crippen molar-refractivity contribution >= 4 is 16.7 Å². The number of carbonyl (C=O) groups is 1. The van der Waals surface area contributed by atoms with Gasteiger partial charge in [0.1, 0.15) is 5.76 Å². The Balaban J connectivity index is 1.42. The number of rotatable bonds is 7. The van der Waals surface area contributed by atoms with Gasteiger partial charge < -0.3 is 9.73 Å². The molecule has 0 saturated carbocycles. The predicted molar refractivity (Wildman–Crippen MR) is 123 cm³/mol. The van der Waals surface area contributed by atoms with Crippen LogP contribution >= 0.6 is 0 Å². The Morgan fingerprint density at radius 2 is 1.75 bits per heavy atom. The molecule has 0 aliphatic rings. The van der Waals surface area contributed by atoms with Crippen LogP contribution in [-0.2, 0) is 23.1 Å². The lowest BCUT2D eigenvalue weighted by Crippen LogP contribution is -2.23. The molecule has 1 atom stereocenters. The van der Waals surface area contributed by atoms with Gasteiger partial charge in [-0.1, -0.05) is 23.8 Å². The maximum Gasteiger partial charge on any atom is 0.251 e. The number of aryl methyl sites for hydroxylation is 2. The third-order valence-corrected chi connectivity index (χ3v) is 6.33. The minimum absolute atomic E-state index is 0.181. The molecular formula is C25H23N3O3S. The third-order valence-electron chi connectivity index (χ3n) is 4.99. The van der Waals surface area contributed by atoms with Crippen LogP contribution in [0.4, 0.5) is 0 Å². The topological polar surface area (TPSA) is 85.1 Å². The molecule has 2 aromatic carbocycles. The van der Waals surface area contributed by atoms with Crippen LogP contribution in [0.15, 0.2) is 82.2 Å². The highest BCUT2D eigenvalue weighted by atomic mass is 32.2. The number of amides is 1. The van der Waals surface area contributed by atoms with Crippen molar-refractivity contribution in [3.05, 3.63) is 101 Å². The molecule has 0 aliphatic heterocycles. The van der Waals surface area contributed by atoms with Gasteiger partial charge in [-0.15, -0.1) is 0 Å². The minimum atomic E-state index is -1.20. The average molecular weight is 446 g/mol. The maximum absolute atomic E-state index is 12.7. The first-order valence-electron chi connectivity index (χ1n) is 10.2. The SMILES string of the molecule is Cc1ccc([S@@](=O)Cc2nc(-c3ccc(C(=O)NCc4ccccn4)cc3)oc2C)cc1. The van der Waals surface area contributed by atoms with Gasteiger partial charge in [0, 0.05) is 22.2 Å². The second-order valence-electron chi connectivity index (χ2n) is 7.41. The van der Waals surface area contributed by atoms with Crippen molar-refractivity contribution in [1.82, 2.24) is 15.3 Å². The van der Waals surface area contributed by atoms with E-state index in [0.717, 1.165) is 21.7 Å². The lowest BCUT2D eigenvalue weighted by Gasteiger charge is -2.05. The highest BCUT2D eigenvalue weighted by molar-refractivity contribution is 7.84. The van der Waals surface area contributed by atoms with Crippen molar-refractivity contribution in [3.63, 3.8) is 0 Å². The summed E-state index contributed by atoms with van der Waals surface area (Å²) in [5.74, 6) is 1.18. The van der Waals surface area contributed by atoms with E-state index in [9.17, 15) is 9.00 Å². The Morgan fingerprint density at radius 3 is 2.44 bits per heavy atom. The number of benzene rings is 2. The molecule has 7 heteroatoms. The molecule has 0 unspecified atom stereocenters. The van der Waals surface area contributed by atoms with Gasteiger partial charge in [-0.2, -0.15) is 0 Å². The van der Waals surface area contributed by atoms with E-state index in [1.807, 2.05) is 56.3 Å². The van der Waals surface area contributed by atoms with E-state index in [2.05, 4.69) is 15.3 Å². The number of oxazole rings is 1. The zero-order valence-corrected chi connectivity index (χ0v) is 18.7. The van der Waals surface area contributed by atoms with Gasteiger partial charge in [0.2, 0.25) is 5.89 Å². The predicted octanol–water partition coefficient (Wildman–Crippen LogP) is 4.59. The summed E-state index contributed by atoms with van der Waals surface area (Å²) in [5, 5.41) is 2.85. The fourth-order valence-electron chi connectivity index (χ4n) is 3.12. The van der Waals surface area contributed by atoms with Crippen LogP contribution < -0.4 is 5.32 Å². The van der Waals surface area contributed by atoms with Gasteiger partial charge in [0.05, 0.1) is 34.5 Å². The first-order valence-corrected chi connectivity index (χ1v) is 11.5. The number of nitrogens with one attached hydrogen (secondary N) is 1. The summed E-state index contributed by atoms with van der Waals surface area (Å²) in [7, 11) is -1.20. The number of pyridine rings is 1. The summed E-state index contributed by atoms with van der Waals surface area (Å²) in [6.45, 7) is 4.18. The second-order valence-corrected chi connectivity index (χ2v) is 8.86. The van der Waals surface area contributed by atoms with Crippen molar-refractivity contribution in [2.75, 3.05) is 0 Å². The van der Waals surface area contributed by atoms with Crippen LogP contribution in [-0.4, -0.2) is 20.1 Å². The Kier molecular flexibility index (Phi) is 6.56. The van der Waals surface area contributed by atoms with Gasteiger partial charge in [0.25, 0.3) is 5.91 Å². The number of hydrogen-bond donors (Lipinski definition) is 1. The Bertz CT molecular complexity index is 1230. The van der Waals surface area contributed by atoms with Crippen molar-refractivity contribution in [1.29, 1.82) is 0 Å². The fraction of sp³-hybridized carbons (Fsp3) is 0.160. The van der Waals surface area contributed by atoms with E-state index < -0.39 is 10.8 Å². The van der Waals surface area contributed by atoms with Crippen molar-refractivity contribution in [2.24, 2.45) is 0 Å². The molecule has 4 aromatic rings. The fourth-order valence-corrected chi connectivity index (χ4v) is 4.25. The molecule has 6 nitrogen and oxygen atoms in total. The largest absolute Gasteiger partial charge is 0.441 e. The highest BCUT2D eigenvalue weighted by Crippen LogP contribution is 2.24. The number of nitrogens with zero attached hydrogens (tertiary/aromatic N) is 2. The Hall–Kier alpha value is -3.58. The smallest absolute Gasteiger partial charge is 0.251 e. The van der Waals surface area contributed by atoms with E-state index in [-0.39, 0.29) is 11.7 Å². The molecule has 0 saturated heterocycles. The van der Waals surface area contributed by atoms with E-state index in [1.54, 1.807) is 30.5 Å². The number of hydrogen-bond acceptors (Lipinski definition) is 5. The number of aromatic nitrogens is 2. The summed E-state index contributed by atoms with van der Waals surface area (Å²) >= 11 is 0.